The van der Waals surface area contributed by atoms with Gasteiger partial charge in [-0.05, 0) is 18.4 Å². The highest BCUT2D eigenvalue weighted by Gasteiger charge is 2.22. The molecule has 0 saturated carbocycles. The number of aryl methyl sites for hydroxylation is 1. The fourth-order valence-electron chi connectivity index (χ4n) is 1.90. The minimum absolute atomic E-state index is 0.281. The van der Waals surface area contributed by atoms with Crippen LogP contribution in [0.4, 0.5) is 0 Å². The van der Waals surface area contributed by atoms with Crippen molar-refractivity contribution >= 4 is 0 Å². The molecule has 1 fully saturated rings. The second kappa shape index (κ2) is 4.11. The lowest BCUT2D eigenvalue weighted by molar-refractivity contribution is 0.0422. The Morgan fingerprint density at radius 2 is 2.57 bits per heavy atom. The average Bonchev–Trinajstić information content (AvgIpc) is 2.56. The Morgan fingerprint density at radius 1 is 1.71 bits per heavy atom. The van der Waals surface area contributed by atoms with Crippen LogP contribution in [0, 0.1) is 5.92 Å². The quantitative estimate of drug-likeness (QED) is 0.739. The first-order valence-electron chi connectivity index (χ1n) is 5.06. The molecule has 0 radical (unpaired) electrons. The first-order chi connectivity index (χ1) is 6.75. The molecule has 1 aliphatic rings. The Bertz CT molecular complexity index is 297. The predicted molar refractivity (Wildman–Crippen MR) is 53.8 cm³/mol. The van der Waals surface area contributed by atoms with E-state index >= 15 is 0 Å². The zero-order chi connectivity index (χ0) is 9.97. The number of rotatable bonds is 2. The van der Waals surface area contributed by atoms with Gasteiger partial charge >= 0.3 is 0 Å². The van der Waals surface area contributed by atoms with E-state index in [4.69, 9.17) is 10.5 Å². The third kappa shape index (κ3) is 2.13. The summed E-state index contributed by atoms with van der Waals surface area (Å²) < 4.78 is 7.25. The van der Waals surface area contributed by atoms with Crippen LogP contribution in [0.1, 0.15) is 12.0 Å². The topological polar surface area (TPSA) is 53.1 Å². The molecule has 2 atom stereocenters. The van der Waals surface area contributed by atoms with E-state index in [9.17, 15) is 0 Å². The molecule has 14 heavy (non-hydrogen) atoms. The summed E-state index contributed by atoms with van der Waals surface area (Å²) in [7, 11) is 1.93. The van der Waals surface area contributed by atoms with Crippen molar-refractivity contribution in [2.75, 3.05) is 13.2 Å². The van der Waals surface area contributed by atoms with E-state index in [1.807, 2.05) is 24.1 Å². The van der Waals surface area contributed by atoms with Crippen LogP contribution in [0.25, 0.3) is 0 Å². The summed E-state index contributed by atoms with van der Waals surface area (Å²) in [5.41, 5.74) is 7.27. The van der Waals surface area contributed by atoms with Crippen molar-refractivity contribution in [1.82, 2.24) is 9.78 Å². The van der Waals surface area contributed by atoms with Gasteiger partial charge in [0.2, 0.25) is 0 Å². The third-order valence-electron chi connectivity index (χ3n) is 2.79. The molecule has 2 unspecified atom stereocenters. The van der Waals surface area contributed by atoms with Crippen molar-refractivity contribution in [3.8, 4) is 0 Å². The third-order valence-corrected chi connectivity index (χ3v) is 2.79. The van der Waals surface area contributed by atoms with E-state index < -0.39 is 0 Å². The summed E-state index contributed by atoms with van der Waals surface area (Å²) in [6.07, 6.45) is 5.91. The Morgan fingerprint density at radius 3 is 3.21 bits per heavy atom. The maximum atomic E-state index is 6.03. The van der Waals surface area contributed by atoms with Crippen molar-refractivity contribution in [2.24, 2.45) is 18.7 Å². The van der Waals surface area contributed by atoms with Crippen molar-refractivity contribution < 1.29 is 4.74 Å². The minimum atomic E-state index is 0.281. The van der Waals surface area contributed by atoms with E-state index in [0.717, 1.165) is 26.1 Å². The molecule has 0 aromatic carbocycles. The number of aromatic nitrogens is 2. The molecular weight excluding hydrogens is 178 g/mol. The molecule has 2 N–H and O–H groups in total. The Balaban J connectivity index is 1.95. The minimum Gasteiger partial charge on any atom is -0.381 e. The maximum absolute atomic E-state index is 6.03. The van der Waals surface area contributed by atoms with Gasteiger partial charge in [0.05, 0.1) is 12.8 Å². The predicted octanol–water partition coefficient (Wildman–Crippen LogP) is 0.326. The van der Waals surface area contributed by atoms with E-state index in [0.29, 0.717) is 5.92 Å². The summed E-state index contributed by atoms with van der Waals surface area (Å²) in [5.74, 6) is 0.452. The van der Waals surface area contributed by atoms with Crippen LogP contribution >= 0.6 is 0 Å². The molecule has 4 heteroatoms. The van der Waals surface area contributed by atoms with Crippen LogP contribution in [0.5, 0.6) is 0 Å². The lowest BCUT2D eigenvalue weighted by Gasteiger charge is -2.28. The van der Waals surface area contributed by atoms with Gasteiger partial charge in [0.25, 0.3) is 0 Å². The van der Waals surface area contributed by atoms with Gasteiger partial charge in [-0.15, -0.1) is 0 Å². The van der Waals surface area contributed by atoms with Crippen LogP contribution < -0.4 is 5.73 Å². The summed E-state index contributed by atoms with van der Waals surface area (Å²) in [6.45, 7) is 1.60. The van der Waals surface area contributed by atoms with Gasteiger partial charge in [-0.1, -0.05) is 0 Å². The highest BCUT2D eigenvalue weighted by molar-refractivity contribution is 5.06. The highest BCUT2D eigenvalue weighted by Crippen LogP contribution is 2.17. The van der Waals surface area contributed by atoms with Crippen molar-refractivity contribution in [3.63, 3.8) is 0 Å². The van der Waals surface area contributed by atoms with E-state index in [-0.39, 0.29) is 6.04 Å². The number of hydrogen-bond donors (Lipinski definition) is 1. The zero-order valence-electron chi connectivity index (χ0n) is 8.52. The fraction of sp³-hybridized carbons (Fsp3) is 0.700. The molecule has 4 nitrogen and oxygen atoms in total. The molecular formula is C10H17N3O. The molecule has 78 valence electrons. The van der Waals surface area contributed by atoms with Crippen molar-refractivity contribution in [1.29, 1.82) is 0 Å². The van der Waals surface area contributed by atoms with Gasteiger partial charge in [0.1, 0.15) is 0 Å². The Labute approximate surface area is 84.0 Å². The van der Waals surface area contributed by atoms with Gasteiger partial charge in [-0.2, -0.15) is 5.10 Å². The second-order valence-corrected chi connectivity index (χ2v) is 4.01. The molecule has 0 spiro atoms. The highest BCUT2D eigenvalue weighted by atomic mass is 16.5. The summed E-state index contributed by atoms with van der Waals surface area (Å²) in [4.78, 5) is 0. The maximum Gasteiger partial charge on any atom is 0.0521 e. The van der Waals surface area contributed by atoms with Gasteiger partial charge in [-0.25, -0.2) is 0 Å². The SMILES string of the molecule is Cn1cc(CC2COCCC2N)cn1. The summed E-state index contributed by atoms with van der Waals surface area (Å²) in [6, 6.07) is 0.281. The molecule has 1 aliphatic heterocycles. The van der Waals surface area contributed by atoms with E-state index in [1.54, 1.807) is 0 Å². The van der Waals surface area contributed by atoms with Crippen LogP contribution in [0.2, 0.25) is 0 Å². The molecule has 0 aliphatic carbocycles. The number of nitrogens with zero attached hydrogens (tertiary/aromatic N) is 2. The fourth-order valence-corrected chi connectivity index (χ4v) is 1.90. The molecule has 2 heterocycles. The summed E-state index contributed by atoms with van der Waals surface area (Å²) >= 11 is 0. The smallest absolute Gasteiger partial charge is 0.0521 e. The molecule has 1 aromatic rings. The van der Waals surface area contributed by atoms with Crippen molar-refractivity contribution in [3.05, 3.63) is 18.0 Å². The Hall–Kier alpha value is -0.870. The molecule has 1 saturated heterocycles. The van der Waals surface area contributed by atoms with Crippen LogP contribution in [0.3, 0.4) is 0 Å². The van der Waals surface area contributed by atoms with Gasteiger partial charge in [0.15, 0.2) is 0 Å². The number of ether oxygens (including phenoxy) is 1. The van der Waals surface area contributed by atoms with Crippen molar-refractivity contribution in [2.45, 2.75) is 18.9 Å². The molecule has 0 bridgehead atoms. The molecule has 1 aromatic heterocycles. The van der Waals surface area contributed by atoms with E-state index in [2.05, 4.69) is 5.10 Å². The zero-order valence-corrected chi connectivity index (χ0v) is 8.52. The normalized spacial score (nSPS) is 27.9. The van der Waals surface area contributed by atoms with Gasteiger partial charge < -0.3 is 10.5 Å². The lowest BCUT2D eigenvalue weighted by Crippen LogP contribution is -2.39. The van der Waals surface area contributed by atoms with Gasteiger partial charge in [-0.3, -0.25) is 4.68 Å². The molecule has 2 rings (SSSR count). The van der Waals surface area contributed by atoms with Crippen LogP contribution in [-0.2, 0) is 18.2 Å². The number of hydrogen-bond acceptors (Lipinski definition) is 3. The second-order valence-electron chi connectivity index (χ2n) is 4.01. The first-order valence-corrected chi connectivity index (χ1v) is 5.06. The van der Waals surface area contributed by atoms with Crippen LogP contribution in [-0.4, -0.2) is 29.0 Å². The van der Waals surface area contributed by atoms with Crippen LogP contribution in [0.15, 0.2) is 12.4 Å². The monoisotopic (exact) mass is 195 g/mol. The largest absolute Gasteiger partial charge is 0.381 e. The number of nitrogens with two attached hydrogens (primary N) is 1. The first kappa shape index (κ1) is 9.68. The average molecular weight is 195 g/mol. The summed E-state index contributed by atoms with van der Waals surface area (Å²) in [5, 5.41) is 4.14. The lowest BCUT2D eigenvalue weighted by atomic mass is 9.91. The Kier molecular flexibility index (Phi) is 2.84. The molecule has 0 amide bonds. The van der Waals surface area contributed by atoms with E-state index in [1.165, 1.54) is 5.56 Å². The standard InChI is InChI=1S/C10H17N3O/c1-13-6-8(5-12-13)4-9-7-14-3-2-10(9)11/h5-6,9-10H,2-4,7,11H2,1H3. The van der Waals surface area contributed by atoms with Gasteiger partial charge in [0, 0.05) is 31.8 Å².